The van der Waals surface area contributed by atoms with Crippen molar-refractivity contribution in [3.8, 4) is 11.5 Å². The largest absolute Gasteiger partial charge is 0.503 e. The third-order valence-electron chi connectivity index (χ3n) is 8.31. The number of ether oxygens (including phenoxy) is 1. The topological polar surface area (TPSA) is 53.0 Å². The van der Waals surface area contributed by atoms with E-state index in [1.165, 1.54) is 37.8 Å². The van der Waals surface area contributed by atoms with Crippen molar-refractivity contribution in [2.24, 2.45) is 5.41 Å². The first kappa shape index (κ1) is 17.4. The minimum atomic E-state index is -0.0561. The van der Waals surface area contributed by atoms with Gasteiger partial charge in [-0.15, -0.1) is 0 Å². The summed E-state index contributed by atoms with van der Waals surface area (Å²) in [6, 6.07) is 4.64. The summed E-state index contributed by atoms with van der Waals surface area (Å²) in [5, 5.41) is 11.0. The summed E-state index contributed by atoms with van der Waals surface area (Å²) in [5.74, 6) is 0.612. The number of carbonyl (C=O) groups is 1. The van der Waals surface area contributed by atoms with Crippen LogP contribution in [0.25, 0.3) is 0 Å². The van der Waals surface area contributed by atoms with Crippen LogP contribution in [0.2, 0.25) is 0 Å². The second kappa shape index (κ2) is 5.63. The zero-order valence-corrected chi connectivity index (χ0v) is 16.6. The zero-order valence-electron chi connectivity index (χ0n) is 16.6. The first-order valence-corrected chi connectivity index (χ1v) is 10.4. The van der Waals surface area contributed by atoms with Crippen LogP contribution >= 0.6 is 0 Å². The lowest BCUT2D eigenvalue weighted by Crippen LogP contribution is -2.65. The monoisotopic (exact) mass is 370 g/mol. The van der Waals surface area contributed by atoms with Gasteiger partial charge in [0.25, 0.3) is 0 Å². The van der Waals surface area contributed by atoms with E-state index < -0.39 is 0 Å². The van der Waals surface area contributed by atoms with Crippen molar-refractivity contribution >= 4 is 11.6 Å². The number of hydrogen-bond donors (Lipinski definition) is 1. The molecule has 4 aliphatic rings. The van der Waals surface area contributed by atoms with Crippen molar-refractivity contribution in [1.82, 2.24) is 4.90 Å². The number of phenolic OH excluding ortho intramolecular Hbond substituents is 1. The van der Waals surface area contributed by atoms with E-state index in [1.54, 1.807) is 14.0 Å². The molecule has 0 unspecified atom stereocenters. The number of phenols is 1. The molecule has 5 nitrogen and oxygen atoms in total. The van der Waals surface area contributed by atoms with Crippen LogP contribution in [0.3, 0.4) is 0 Å². The molecule has 1 spiro atoms. The van der Waals surface area contributed by atoms with Crippen molar-refractivity contribution in [1.29, 1.82) is 0 Å². The van der Waals surface area contributed by atoms with Crippen LogP contribution in [0.4, 0.5) is 5.69 Å². The minimum Gasteiger partial charge on any atom is -0.503 e. The molecule has 1 N–H and O–H groups in total. The molecular formula is C22H30N2O3. The van der Waals surface area contributed by atoms with E-state index in [-0.39, 0.29) is 23.1 Å². The van der Waals surface area contributed by atoms with E-state index >= 15 is 0 Å². The Kier molecular flexibility index (Phi) is 3.62. The lowest BCUT2D eigenvalue weighted by molar-refractivity contribution is -0.118. The van der Waals surface area contributed by atoms with Crippen molar-refractivity contribution in [2.75, 3.05) is 25.1 Å². The Labute approximate surface area is 161 Å². The van der Waals surface area contributed by atoms with Gasteiger partial charge >= 0.3 is 0 Å². The van der Waals surface area contributed by atoms with Gasteiger partial charge in [-0.1, -0.05) is 13.0 Å². The maximum Gasteiger partial charge on any atom is 0.224 e. The molecule has 2 saturated heterocycles. The van der Waals surface area contributed by atoms with Gasteiger partial charge in [-0.3, -0.25) is 9.69 Å². The molecule has 5 rings (SSSR count). The Morgan fingerprint density at radius 2 is 2.11 bits per heavy atom. The number of piperidine rings is 1. The van der Waals surface area contributed by atoms with Gasteiger partial charge in [0.05, 0.1) is 12.8 Å². The number of aromatic hydroxyl groups is 1. The van der Waals surface area contributed by atoms with Crippen LogP contribution in [0.15, 0.2) is 12.1 Å². The fourth-order valence-corrected chi connectivity index (χ4v) is 7.40. The molecule has 3 fully saturated rings. The first-order valence-electron chi connectivity index (χ1n) is 10.4. The van der Waals surface area contributed by atoms with Crippen molar-refractivity contribution < 1.29 is 14.6 Å². The highest BCUT2D eigenvalue weighted by Gasteiger charge is 2.68. The highest BCUT2D eigenvalue weighted by Crippen LogP contribution is 2.67. The molecule has 1 saturated carbocycles. The molecule has 146 valence electrons. The number of hydrogen-bond acceptors (Lipinski definition) is 4. The second-order valence-corrected chi connectivity index (χ2v) is 9.00. The Hall–Kier alpha value is -1.75. The normalized spacial score (nSPS) is 36.9. The second-order valence-electron chi connectivity index (χ2n) is 9.00. The molecule has 1 aliphatic carbocycles. The summed E-state index contributed by atoms with van der Waals surface area (Å²) >= 11 is 0. The van der Waals surface area contributed by atoms with Gasteiger partial charge in [0.1, 0.15) is 0 Å². The average Bonchev–Trinajstić information content (AvgIpc) is 3.20. The average molecular weight is 370 g/mol. The van der Waals surface area contributed by atoms with Gasteiger partial charge < -0.3 is 14.7 Å². The van der Waals surface area contributed by atoms with E-state index in [1.807, 2.05) is 11.0 Å². The smallest absolute Gasteiger partial charge is 0.224 e. The van der Waals surface area contributed by atoms with Gasteiger partial charge in [-0.25, -0.2) is 0 Å². The van der Waals surface area contributed by atoms with Crippen molar-refractivity contribution in [3.63, 3.8) is 0 Å². The Bertz CT molecular complexity index is 809. The number of carbonyl (C=O) groups excluding carboxylic acids is 1. The van der Waals surface area contributed by atoms with Gasteiger partial charge in [0.2, 0.25) is 5.91 Å². The van der Waals surface area contributed by atoms with Gasteiger partial charge in [0.15, 0.2) is 11.5 Å². The van der Waals surface area contributed by atoms with Crippen LogP contribution < -0.4 is 9.64 Å². The Morgan fingerprint density at radius 1 is 1.30 bits per heavy atom. The van der Waals surface area contributed by atoms with Crippen LogP contribution in [-0.4, -0.2) is 48.2 Å². The summed E-state index contributed by atoms with van der Waals surface area (Å²) in [7, 11) is 1.57. The minimum absolute atomic E-state index is 0.0277. The number of rotatable bonds is 2. The highest BCUT2D eigenvalue weighted by molar-refractivity contribution is 5.98. The predicted octanol–water partition coefficient (Wildman–Crippen LogP) is 3.43. The van der Waals surface area contributed by atoms with E-state index in [0.29, 0.717) is 22.9 Å². The standard InChI is InChI=1S/C22H30N2O3/c1-4-21-9-5-12-23-13-11-22(20(21)23)15-6-7-16(27-3)19(26)18(15)24(14(2)25)17(22)8-10-21/h6-7,17,20,26H,4-5,8-13H2,1-3H3/t17-,20+,21+,22+/m1/s1. The molecular weight excluding hydrogens is 340 g/mol. The molecule has 4 atom stereocenters. The molecule has 0 bridgehead atoms. The van der Waals surface area contributed by atoms with Crippen LogP contribution in [0.5, 0.6) is 11.5 Å². The molecule has 27 heavy (non-hydrogen) atoms. The maximum absolute atomic E-state index is 12.8. The third kappa shape index (κ3) is 1.91. The van der Waals surface area contributed by atoms with E-state index in [2.05, 4.69) is 17.9 Å². The lowest BCUT2D eigenvalue weighted by atomic mass is 9.52. The fraction of sp³-hybridized carbons (Fsp3) is 0.682. The summed E-state index contributed by atoms with van der Waals surface area (Å²) in [5.41, 5.74) is 2.17. The quantitative estimate of drug-likeness (QED) is 0.867. The van der Waals surface area contributed by atoms with Gasteiger partial charge in [-0.05, 0) is 68.7 Å². The summed E-state index contributed by atoms with van der Waals surface area (Å²) < 4.78 is 5.38. The Morgan fingerprint density at radius 3 is 2.81 bits per heavy atom. The van der Waals surface area contributed by atoms with E-state index in [4.69, 9.17) is 4.74 Å². The predicted molar refractivity (Wildman–Crippen MR) is 104 cm³/mol. The number of anilines is 1. The number of methoxy groups -OCH3 is 1. The third-order valence-corrected chi connectivity index (χ3v) is 8.31. The van der Waals surface area contributed by atoms with Crippen molar-refractivity contribution in [3.05, 3.63) is 17.7 Å². The van der Waals surface area contributed by atoms with Crippen LogP contribution in [0.1, 0.15) is 57.9 Å². The molecule has 1 aromatic rings. The zero-order chi connectivity index (χ0) is 19.0. The summed E-state index contributed by atoms with van der Waals surface area (Å²) in [4.78, 5) is 17.4. The van der Waals surface area contributed by atoms with Crippen LogP contribution in [0, 0.1) is 5.41 Å². The molecule has 3 aliphatic heterocycles. The molecule has 5 heteroatoms. The Balaban J connectivity index is 1.77. The lowest BCUT2D eigenvalue weighted by Gasteiger charge is -2.58. The maximum atomic E-state index is 12.8. The van der Waals surface area contributed by atoms with E-state index in [0.717, 1.165) is 19.4 Å². The molecule has 1 amide bonds. The molecule has 0 radical (unpaired) electrons. The fourth-order valence-electron chi connectivity index (χ4n) is 7.40. The number of fused-ring (bicyclic) bond motifs is 1. The molecule has 1 aromatic carbocycles. The summed E-state index contributed by atoms with van der Waals surface area (Å²) in [6.07, 6.45) is 7.03. The summed E-state index contributed by atoms with van der Waals surface area (Å²) in [6.45, 7) is 6.25. The number of amides is 1. The highest BCUT2D eigenvalue weighted by atomic mass is 16.5. The van der Waals surface area contributed by atoms with Gasteiger partial charge in [-0.2, -0.15) is 0 Å². The number of benzene rings is 1. The molecule has 3 heterocycles. The molecule has 0 aromatic heterocycles. The van der Waals surface area contributed by atoms with E-state index in [9.17, 15) is 9.90 Å². The SMILES string of the molecule is CC[C@]12CCCN3CC[C@@]4(c5ccc(OC)c(O)c5N(C(C)=O)[C@@H]4CC1)[C@@H]32. The van der Waals surface area contributed by atoms with Gasteiger partial charge in [0, 0.05) is 24.4 Å². The first-order chi connectivity index (χ1) is 13.0. The van der Waals surface area contributed by atoms with Crippen LogP contribution in [-0.2, 0) is 10.2 Å². The van der Waals surface area contributed by atoms with Crippen molar-refractivity contribution in [2.45, 2.75) is 69.9 Å². The number of nitrogens with zero attached hydrogens (tertiary/aromatic N) is 2.